The molecule has 3 unspecified atom stereocenters. The van der Waals surface area contributed by atoms with E-state index in [0.29, 0.717) is 25.7 Å². The molecule has 1 aliphatic heterocycles. The Kier molecular flexibility index (Phi) is 6.23. The largest absolute Gasteiger partial charge is 0.375 e. The van der Waals surface area contributed by atoms with Crippen LogP contribution in [0.4, 0.5) is 0 Å². The lowest BCUT2D eigenvalue weighted by molar-refractivity contribution is -0.0233. The van der Waals surface area contributed by atoms with Crippen molar-refractivity contribution in [3.63, 3.8) is 0 Å². The molecule has 1 saturated heterocycles. The first-order chi connectivity index (χ1) is 8.78. The van der Waals surface area contributed by atoms with Gasteiger partial charge in [-0.3, -0.25) is 0 Å². The van der Waals surface area contributed by atoms with Gasteiger partial charge in [-0.1, -0.05) is 20.8 Å². The zero-order chi connectivity index (χ0) is 14.6. The van der Waals surface area contributed by atoms with Gasteiger partial charge in [-0.25, -0.2) is 8.42 Å². The molecule has 0 radical (unpaired) electrons. The van der Waals surface area contributed by atoms with E-state index in [9.17, 15) is 8.42 Å². The maximum absolute atomic E-state index is 12.6. The number of hydrogen-bond acceptors (Lipinski definition) is 4. The first kappa shape index (κ1) is 16.9. The summed E-state index contributed by atoms with van der Waals surface area (Å²) in [6, 6.07) is 0.269. The molecule has 114 valence electrons. The summed E-state index contributed by atoms with van der Waals surface area (Å²) in [4.78, 5) is 0. The Morgan fingerprint density at radius 1 is 1.37 bits per heavy atom. The molecule has 1 fully saturated rings. The number of sulfonamides is 1. The summed E-state index contributed by atoms with van der Waals surface area (Å²) < 4.78 is 32.5. The molecule has 0 amide bonds. The van der Waals surface area contributed by atoms with E-state index in [4.69, 9.17) is 4.74 Å². The minimum Gasteiger partial charge on any atom is -0.375 e. The fourth-order valence-electron chi connectivity index (χ4n) is 2.18. The summed E-state index contributed by atoms with van der Waals surface area (Å²) in [5.41, 5.74) is 0. The van der Waals surface area contributed by atoms with E-state index in [1.54, 1.807) is 11.2 Å². The van der Waals surface area contributed by atoms with Crippen LogP contribution in [0.3, 0.4) is 0 Å². The van der Waals surface area contributed by atoms with Crippen LogP contribution in [0.5, 0.6) is 0 Å². The average molecular weight is 292 g/mol. The fraction of sp³-hybridized carbons (Fsp3) is 1.00. The number of ether oxygens (including phenoxy) is 1. The smallest absolute Gasteiger partial charge is 0.218 e. The highest BCUT2D eigenvalue weighted by molar-refractivity contribution is 7.89. The average Bonchev–Trinajstić information content (AvgIpc) is 2.35. The van der Waals surface area contributed by atoms with E-state index in [2.05, 4.69) is 5.32 Å². The molecular formula is C13H28N2O3S. The van der Waals surface area contributed by atoms with Gasteiger partial charge in [0.05, 0.1) is 18.0 Å². The second kappa shape index (κ2) is 7.02. The minimum atomic E-state index is -3.26. The van der Waals surface area contributed by atoms with E-state index in [1.807, 2.05) is 27.7 Å². The van der Waals surface area contributed by atoms with Crippen LogP contribution in [-0.2, 0) is 14.8 Å². The van der Waals surface area contributed by atoms with Gasteiger partial charge < -0.3 is 10.1 Å². The summed E-state index contributed by atoms with van der Waals surface area (Å²) >= 11 is 0. The van der Waals surface area contributed by atoms with Crippen molar-refractivity contribution in [2.45, 2.75) is 64.5 Å². The van der Waals surface area contributed by atoms with Crippen LogP contribution in [-0.4, -0.2) is 55.9 Å². The molecule has 0 saturated carbocycles. The Bertz CT molecular complexity index is 370. The Morgan fingerprint density at radius 3 is 2.53 bits per heavy atom. The van der Waals surface area contributed by atoms with Crippen LogP contribution in [0.25, 0.3) is 0 Å². The molecule has 1 heterocycles. The zero-order valence-corrected chi connectivity index (χ0v) is 13.5. The maximum Gasteiger partial charge on any atom is 0.218 e. The van der Waals surface area contributed by atoms with Crippen molar-refractivity contribution >= 4 is 10.0 Å². The summed E-state index contributed by atoms with van der Waals surface area (Å²) in [5, 5.41) is 2.79. The monoisotopic (exact) mass is 292 g/mol. The van der Waals surface area contributed by atoms with Crippen LogP contribution in [0.1, 0.15) is 41.0 Å². The number of morpholine rings is 1. The molecule has 0 bridgehead atoms. The fourth-order valence-corrected chi connectivity index (χ4v) is 4.00. The van der Waals surface area contributed by atoms with E-state index < -0.39 is 15.3 Å². The van der Waals surface area contributed by atoms with Gasteiger partial charge in [0.1, 0.15) is 0 Å². The summed E-state index contributed by atoms with van der Waals surface area (Å²) in [6.07, 6.45) is 0.763. The van der Waals surface area contributed by atoms with E-state index >= 15 is 0 Å². The van der Waals surface area contributed by atoms with Crippen molar-refractivity contribution in [2.24, 2.45) is 0 Å². The van der Waals surface area contributed by atoms with Crippen LogP contribution < -0.4 is 5.32 Å². The highest BCUT2D eigenvalue weighted by Gasteiger charge is 2.37. The number of hydrogen-bond donors (Lipinski definition) is 1. The molecule has 0 aliphatic carbocycles. The molecular weight excluding hydrogens is 264 g/mol. The molecule has 5 nitrogen and oxygen atoms in total. The van der Waals surface area contributed by atoms with Gasteiger partial charge in [0.15, 0.2) is 0 Å². The van der Waals surface area contributed by atoms with Crippen molar-refractivity contribution in [3.05, 3.63) is 0 Å². The lowest BCUT2D eigenvalue weighted by atomic mass is 10.2. The lowest BCUT2D eigenvalue weighted by Gasteiger charge is -2.38. The highest BCUT2D eigenvalue weighted by atomic mass is 32.2. The second-order valence-electron chi connectivity index (χ2n) is 5.69. The quantitative estimate of drug-likeness (QED) is 0.799. The number of nitrogens with zero attached hydrogens (tertiary/aromatic N) is 1. The Labute approximate surface area is 117 Å². The van der Waals surface area contributed by atoms with Crippen molar-refractivity contribution in [3.8, 4) is 0 Å². The summed E-state index contributed by atoms with van der Waals surface area (Å²) in [5.74, 6) is 0. The first-order valence-corrected chi connectivity index (χ1v) is 8.65. The molecule has 6 heteroatoms. The lowest BCUT2D eigenvalue weighted by Crippen LogP contribution is -2.54. The predicted octanol–water partition coefficient (Wildman–Crippen LogP) is 1.20. The molecule has 19 heavy (non-hydrogen) atoms. The zero-order valence-electron chi connectivity index (χ0n) is 12.7. The van der Waals surface area contributed by atoms with Crippen LogP contribution in [0.15, 0.2) is 0 Å². The Hall–Kier alpha value is -0.170. The van der Waals surface area contributed by atoms with Gasteiger partial charge in [-0.15, -0.1) is 0 Å². The minimum absolute atomic E-state index is 0.0252. The third kappa shape index (κ3) is 4.41. The number of rotatable bonds is 6. The van der Waals surface area contributed by atoms with Gasteiger partial charge in [0.25, 0.3) is 0 Å². The molecule has 1 aliphatic rings. The standard InChI is InChI=1S/C13H28N2O3S/c1-6-13-9-18-11(4)8-15(13)19(16,17)12(5)7-14-10(2)3/h10-14H,6-9H2,1-5H3. The van der Waals surface area contributed by atoms with Crippen molar-refractivity contribution in [1.82, 2.24) is 9.62 Å². The Morgan fingerprint density at radius 2 is 2.00 bits per heavy atom. The maximum atomic E-state index is 12.6. The van der Waals surface area contributed by atoms with E-state index in [-0.39, 0.29) is 12.1 Å². The highest BCUT2D eigenvalue weighted by Crippen LogP contribution is 2.21. The molecule has 0 spiro atoms. The number of nitrogens with one attached hydrogen (secondary N) is 1. The van der Waals surface area contributed by atoms with Gasteiger partial charge in [0, 0.05) is 25.2 Å². The molecule has 0 aromatic carbocycles. The van der Waals surface area contributed by atoms with Gasteiger partial charge in [-0.05, 0) is 20.3 Å². The van der Waals surface area contributed by atoms with Gasteiger partial charge in [0.2, 0.25) is 10.0 Å². The normalized spacial score (nSPS) is 27.7. The van der Waals surface area contributed by atoms with E-state index in [0.717, 1.165) is 6.42 Å². The SMILES string of the molecule is CCC1COC(C)CN1S(=O)(=O)C(C)CNC(C)C. The molecule has 0 aromatic heterocycles. The Balaban J connectivity index is 2.78. The molecule has 1 rings (SSSR count). The topological polar surface area (TPSA) is 58.6 Å². The predicted molar refractivity (Wildman–Crippen MR) is 77.7 cm³/mol. The van der Waals surface area contributed by atoms with E-state index in [1.165, 1.54) is 0 Å². The molecule has 3 atom stereocenters. The van der Waals surface area contributed by atoms with Crippen LogP contribution in [0, 0.1) is 0 Å². The van der Waals surface area contributed by atoms with Crippen molar-refractivity contribution < 1.29 is 13.2 Å². The summed E-state index contributed by atoms with van der Waals surface area (Å²) in [6.45, 7) is 11.2. The van der Waals surface area contributed by atoms with Crippen LogP contribution >= 0.6 is 0 Å². The van der Waals surface area contributed by atoms with Crippen molar-refractivity contribution in [1.29, 1.82) is 0 Å². The molecule has 1 N–H and O–H groups in total. The summed E-state index contributed by atoms with van der Waals surface area (Å²) in [7, 11) is -3.26. The second-order valence-corrected chi connectivity index (χ2v) is 8.00. The first-order valence-electron chi connectivity index (χ1n) is 7.14. The third-order valence-corrected chi connectivity index (χ3v) is 5.82. The van der Waals surface area contributed by atoms with Gasteiger partial charge >= 0.3 is 0 Å². The van der Waals surface area contributed by atoms with Crippen molar-refractivity contribution in [2.75, 3.05) is 19.7 Å². The third-order valence-electron chi connectivity index (χ3n) is 3.54. The van der Waals surface area contributed by atoms with Gasteiger partial charge in [-0.2, -0.15) is 4.31 Å². The van der Waals surface area contributed by atoms with Crippen LogP contribution in [0.2, 0.25) is 0 Å². The molecule has 0 aromatic rings.